The van der Waals surface area contributed by atoms with Crippen molar-refractivity contribution in [3.05, 3.63) is 86.4 Å². The highest BCUT2D eigenvalue weighted by Gasteiger charge is 2.25. The second-order valence-electron chi connectivity index (χ2n) is 7.84. The highest BCUT2D eigenvalue weighted by atomic mass is 35.5. The van der Waals surface area contributed by atoms with Gasteiger partial charge in [-0.3, -0.25) is 19.6 Å². The molecule has 3 aromatic carbocycles. The third-order valence-electron chi connectivity index (χ3n) is 5.48. The van der Waals surface area contributed by atoms with Gasteiger partial charge in [-0.25, -0.2) is 8.42 Å². The van der Waals surface area contributed by atoms with E-state index in [9.17, 15) is 23.3 Å². The number of carbonyl (C=O) groups excluding carboxylic acids is 1. The van der Waals surface area contributed by atoms with Crippen LogP contribution in [0.5, 0.6) is 0 Å². The van der Waals surface area contributed by atoms with Crippen molar-refractivity contribution < 1.29 is 18.1 Å². The van der Waals surface area contributed by atoms with Gasteiger partial charge in [-0.2, -0.15) is 0 Å². The Kier molecular flexibility index (Phi) is 7.15. The minimum absolute atomic E-state index is 0.0619. The molecule has 0 saturated carbocycles. The maximum absolute atomic E-state index is 12.9. The minimum Gasteiger partial charge on any atom is -0.366 e. The largest absolute Gasteiger partial charge is 0.366 e. The van der Waals surface area contributed by atoms with E-state index < -0.39 is 20.9 Å². The molecule has 3 aromatic rings. The van der Waals surface area contributed by atoms with Gasteiger partial charge in [0.15, 0.2) is 0 Å². The van der Waals surface area contributed by atoms with Gasteiger partial charge in [0, 0.05) is 30.4 Å². The number of nitro groups is 1. The molecule has 0 radical (unpaired) electrons. The number of hydrogen-bond donors (Lipinski definition) is 2. The fourth-order valence-electron chi connectivity index (χ4n) is 3.77. The van der Waals surface area contributed by atoms with Crippen LogP contribution in [-0.4, -0.2) is 32.3 Å². The number of nitrogens with one attached hydrogen (secondary N) is 2. The monoisotopic (exact) mass is 534 g/mol. The van der Waals surface area contributed by atoms with E-state index in [4.69, 9.17) is 23.2 Å². The van der Waals surface area contributed by atoms with Gasteiger partial charge in [0.25, 0.3) is 21.6 Å². The molecular weight excluding hydrogens is 515 g/mol. The minimum atomic E-state index is -4.14. The molecule has 2 N–H and O–H groups in total. The fourth-order valence-corrected chi connectivity index (χ4v) is 5.62. The maximum atomic E-state index is 12.9. The van der Waals surface area contributed by atoms with E-state index in [0.717, 1.165) is 25.9 Å². The summed E-state index contributed by atoms with van der Waals surface area (Å²) in [6, 6.07) is 14.6. The second kappa shape index (κ2) is 10.1. The summed E-state index contributed by atoms with van der Waals surface area (Å²) in [6.07, 6.45) is 1.90. The maximum Gasteiger partial charge on any atom is 0.293 e. The molecule has 1 amide bonds. The number of rotatable bonds is 7. The van der Waals surface area contributed by atoms with E-state index >= 15 is 0 Å². The molecule has 1 saturated heterocycles. The van der Waals surface area contributed by atoms with Crippen molar-refractivity contribution in [3.8, 4) is 0 Å². The van der Waals surface area contributed by atoms with Gasteiger partial charge in [-0.05, 0) is 55.3 Å². The molecule has 12 heteroatoms. The number of sulfonamides is 1. The number of anilines is 3. The molecular formula is C23H20Cl2N4O5S. The number of hydrogen-bond acceptors (Lipinski definition) is 6. The number of nitrogens with zero attached hydrogens (tertiary/aromatic N) is 2. The lowest BCUT2D eigenvalue weighted by Gasteiger charge is -2.18. The van der Waals surface area contributed by atoms with Gasteiger partial charge in [-0.15, -0.1) is 0 Å². The van der Waals surface area contributed by atoms with Crippen molar-refractivity contribution in [2.45, 2.75) is 17.7 Å². The van der Waals surface area contributed by atoms with Crippen LogP contribution in [0.1, 0.15) is 23.2 Å². The van der Waals surface area contributed by atoms with E-state index in [1.165, 1.54) is 42.5 Å². The molecule has 1 fully saturated rings. The average molecular weight is 535 g/mol. The summed E-state index contributed by atoms with van der Waals surface area (Å²) in [7, 11) is -4.14. The van der Waals surface area contributed by atoms with Crippen LogP contribution in [0, 0.1) is 10.1 Å². The third kappa shape index (κ3) is 5.50. The molecule has 1 heterocycles. The lowest BCUT2D eigenvalue weighted by atomic mass is 10.1. The van der Waals surface area contributed by atoms with Gasteiger partial charge >= 0.3 is 0 Å². The van der Waals surface area contributed by atoms with Crippen molar-refractivity contribution in [1.29, 1.82) is 0 Å². The number of para-hydroxylation sites is 1. The quantitative estimate of drug-likeness (QED) is 0.302. The summed E-state index contributed by atoms with van der Waals surface area (Å²) in [5, 5.41) is 14.3. The average Bonchev–Trinajstić information content (AvgIpc) is 3.36. The molecule has 0 unspecified atom stereocenters. The van der Waals surface area contributed by atoms with Gasteiger partial charge in [0.1, 0.15) is 10.6 Å². The molecule has 0 spiro atoms. The Hall–Kier alpha value is -3.34. The summed E-state index contributed by atoms with van der Waals surface area (Å²) in [5.41, 5.74) is 0.681. The van der Waals surface area contributed by atoms with Crippen LogP contribution >= 0.6 is 23.2 Å². The topological polar surface area (TPSA) is 122 Å². The first-order valence-electron chi connectivity index (χ1n) is 10.6. The normalized spacial score (nSPS) is 13.5. The van der Waals surface area contributed by atoms with Crippen molar-refractivity contribution >= 4 is 61.9 Å². The Morgan fingerprint density at radius 2 is 1.69 bits per heavy atom. The number of carbonyl (C=O) groups is 1. The van der Waals surface area contributed by atoms with Crippen molar-refractivity contribution in [3.63, 3.8) is 0 Å². The molecule has 0 aliphatic carbocycles. The Morgan fingerprint density at radius 3 is 2.37 bits per heavy atom. The van der Waals surface area contributed by atoms with Crippen LogP contribution in [0.15, 0.2) is 65.6 Å². The summed E-state index contributed by atoms with van der Waals surface area (Å²) in [6.45, 7) is 1.44. The molecule has 0 aromatic heterocycles. The fraction of sp³-hybridized carbons (Fsp3) is 0.174. The van der Waals surface area contributed by atoms with Gasteiger partial charge in [0.05, 0.1) is 20.7 Å². The number of halogens is 2. The van der Waals surface area contributed by atoms with Gasteiger partial charge in [0.2, 0.25) is 0 Å². The number of nitro benzene ring substituents is 1. The standard InChI is InChI=1S/C23H20Cl2N4O5S/c24-17-5-1-2-6-19(17)27-35(33,34)22-14-16(8-9-18(22)25)26-23(30)15-7-10-20(21(13-15)29(31)32)28-11-3-4-12-28/h1-2,5-10,13-14,27H,3-4,11-12H2,(H,26,30). The molecule has 1 aliphatic rings. The van der Waals surface area contributed by atoms with Crippen LogP contribution in [0.3, 0.4) is 0 Å². The second-order valence-corrected chi connectivity index (χ2v) is 10.3. The molecule has 0 atom stereocenters. The van der Waals surface area contributed by atoms with Crippen LogP contribution in [0.2, 0.25) is 10.0 Å². The van der Waals surface area contributed by atoms with Crippen molar-refractivity contribution in [2.75, 3.05) is 28.0 Å². The van der Waals surface area contributed by atoms with Crippen LogP contribution in [-0.2, 0) is 10.0 Å². The first-order valence-corrected chi connectivity index (χ1v) is 12.8. The summed E-state index contributed by atoms with van der Waals surface area (Å²) in [4.78, 5) is 25.6. The molecule has 35 heavy (non-hydrogen) atoms. The Labute approximate surface area is 211 Å². The van der Waals surface area contributed by atoms with Crippen LogP contribution in [0.4, 0.5) is 22.7 Å². The molecule has 0 bridgehead atoms. The van der Waals surface area contributed by atoms with E-state index in [-0.39, 0.29) is 37.6 Å². The Morgan fingerprint density at radius 1 is 0.971 bits per heavy atom. The Bertz CT molecular complexity index is 1410. The van der Waals surface area contributed by atoms with E-state index in [1.54, 1.807) is 18.2 Å². The lowest BCUT2D eigenvalue weighted by molar-refractivity contribution is -0.384. The molecule has 9 nitrogen and oxygen atoms in total. The Balaban J connectivity index is 1.59. The predicted molar refractivity (Wildman–Crippen MR) is 136 cm³/mol. The zero-order chi connectivity index (χ0) is 25.2. The van der Waals surface area contributed by atoms with Gasteiger partial charge in [-0.1, -0.05) is 35.3 Å². The SMILES string of the molecule is O=C(Nc1ccc(Cl)c(S(=O)(=O)Nc2ccccc2Cl)c1)c1ccc(N2CCCC2)c([N+](=O)[O-])c1. The molecule has 1 aliphatic heterocycles. The zero-order valence-corrected chi connectivity index (χ0v) is 20.5. The molecule has 182 valence electrons. The first kappa shape index (κ1) is 24.8. The van der Waals surface area contributed by atoms with Crippen molar-refractivity contribution in [2.24, 2.45) is 0 Å². The number of benzene rings is 3. The summed E-state index contributed by atoms with van der Waals surface area (Å²) < 4.78 is 28.2. The van der Waals surface area contributed by atoms with Gasteiger partial charge < -0.3 is 10.2 Å². The van der Waals surface area contributed by atoms with E-state index in [0.29, 0.717) is 5.69 Å². The predicted octanol–water partition coefficient (Wildman–Crippen LogP) is 5.55. The smallest absolute Gasteiger partial charge is 0.293 e. The zero-order valence-electron chi connectivity index (χ0n) is 18.2. The third-order valence-corrected chi connectivity index (χ3v) is 7.65. The van der Waals surface area contributed by atoms with Crippen LogP contribution in [0.25, 0.3) is 0 Å². The van der Waals surface area contributed by atoms with E-state index in [2.05, 4.69) is 10.0 Å². The summed E-state index contributed by atoms with van der Waals surface area (Å²) >= 11 is 12.2. The van der Waals surface area contributed by atoms with Crippen molar-refractivity contribution in [1.82, 2.24) is 0 Å². The molecule has 4 rings (SSSR count). The highest BCUT2D eigenvalue weighted by molar-refractivity contribution is 7.92. The number of amides is 1. The first-order chi connectivity index (χ1) is 16.7. The van der Waals surface area contributed by atoms with E-state index in [1.807, 2.05) is 4.90 Å². The summed E-state index contributed by atoms with van der Waals surface area (Å²) in [5.74, 6) is -0.634. The lowest BCUT2D eigenvalue weighted by Crippen LogP contribution is -2.20. The highest BCUT2D eigenvalue weighted by Crippen LogP contribution is 2.33. The van der Waals surface area contributed by atoms with Crippen LogP contribution < -0.4 is 14.9 Å².